The van der Waals surface area contributed by atoms with Crippen LogP contribution in [0.1, 0.15) is 32.6 Å². The van der Waals surface area contributed by atoms with Crippen molar-refractivity contribution >= 4 is 23.2 Å². The summed E-state index contributed by atoms with van der Waals surface area (Å²) in [5, 5.41) is 3.38. The predicted molar refractivity (Wildman–Crippen MR) is 84.0 cm³/mol. The third kappa shape index (κ3) is 3.50. The van der Waals surface area contributed by atoms with Crippen molar-refractivity contribution in [3.8, 4) is 5.75 Å². The van der Waals surface area contributed by atoms with Crippen molar-refractivity contribution in [2.24, 2.45) is 5.92 Å². The van der Waals surface area contributed by atoms with Crippen LogP contribution in [0.15, 0.2) is 18.2 Å². The molecule has 1 amide bonds. The van der Waals surface area contributed by atoms with Crippen LogP contribution in [0.5, 0.6) is 5.75 Å². The largest absolute Gasteiger partial charge is 0.495 e. The Morgan fingerprint density at radius 2 is 2.19 bits per heavy atom. The standard InChI is InChI=1S/C16H22ClNO3/c1-11-5-4-8-16(10-11,21-3)15(19)18-12-6-7-14(20-2)13(17)9-12/h6-7,9,11H,4-5,8,10H2,1-3H3,(H,18,19)/t11-,16+/m0/s1. The number of carbonyl (C=O) groups excluding carboxylic acids is 1. The lowest BCUT2D eigenvalue weighted by atomic mass is 9.78. The number of rotatable bonds is 4. The number of hydrogen-bond donors (Lipinski definition) is 1. The van der Waals surface area contributed by atoms with Gasteiger partial charge in [0.1, 0.15) is 11.4 Å². The molecule has 0 spiro atoms. The number of nitrogens with one attached hydrogen (secondary N) is 1. The number of benzene rings is 1. The summed E-state index contributed by atoms with van der Waals surface area (Å²) in [6.45, 7) is 2.16. The van der Waals surface area contributed by atoms with Gasteiger partial charge in [-0.25, -0.2) is 0 Å². The van der Waals surface area contributed by atoms with Crippen molar-refractivity contribution in [2.45, 2.75) is 38.2 Å². The first-order valence-electron chi connectivity index (χ1n) is 7.21. The predicted octanol–water partition coefficient (Wildman–Crippen LogP) is 3.88. The van der Waals surface area contributed by atoms with Gasteiger partial charge in [-0.1, -0.05) is 24.9 Å². The molecule has 1 fully saturated rings. The highest BCUT2D eigenvalue weighted by atomic mass is 35.5. The Hall–Kier alpha value is -1.26. The molecule has 1 aliphatic rings. The molecule has 1 N–H and O–H groups in total. The lowest BCUT2D eigenvalue weighted by Gasteiger charge is -2.37. The highest BCUT2D eigenvalue weighted by Gasteiger charge is 2.42. The number of halogens is 1. The van der Waals surface area contributed by atoms with E-state index in [2.05, 4.69) is 12.2 Å². The minimum absolute atomic E-state index is 0.0993. The van der Waals surface area contributed by atoms with Gasteiger partial charge >= 0.3 is 0 Å². The molecule has 2 rings (SSSR count). The minimum Gasteiger partial charge on any atom is -0.495 e. The van der Waals surface area contributed by atoms with Gasteiger partial charge in [0.25, 0.3) is 5.91 Å². The van der Waals surface area contributed by atoms with Gasteiger partial charge in [0.15, 0.2) is 0 Å². The molecule has 1 aliphatic carbocycles. The van der Waals surface area contributed by atoms with E-state index in [-0.39, 0.29) is 5.91 Å². The highest BCUT2D eigenvalue weighted by Crippen LogP contribution is 2.36. The van der Waals surface area contributed by atoms with Gasteiger partial charge < -0.3 is 14.8 Å². The van der Waals surface area contributed by atoms with Crippen LogP contribution < -0.4 is 10.1 Å². The van der Waals surface area contributed by atoms with Crippen LogP contribution in [0.4, 0.5) is 5.69 Å². The lowest BCUT2D eigenvalue weighted by molar-refractivity contribution is -0.143. The zero-order valence-corrected chi connectivity index (χ0v) is 13.5. The van der Waals surface area contributed by atoms with E-state index < -0.39 is 5.60 Å². The summed E-state index contributed by atoms with van der Waals surface area (Å²) in [5.74, 6) is 0.976. The molecule has 5 heteroatoms. The zero-order chi connectivity index (χ0) is 15.5. The quantitative estimate of drug-likeness (QED) is 0.918. The first kappa shape index (κ1) is 16.1. The van der Waals surface area contributed by atoms with Gasteiger partial charge in [0.05, 0.1) is 12.1 Å². The Morgan fingerprint density at radius 3 is 2.76 bits per heavy atom. The van der Waals surface area contributed by atoms with Crippen LogP contribution in [0.25, 0.3) is 0 Å². The average Bonchev–Trinajstić information content (AvgIpc) is 2.47. The second-order valence-electron chi connectivity index (χ2n) is 5.70. The summed E-state index contributed by atoms with van der Waals surface area (Å²) in [6.07, 6.45) is 3.65. The van der Waals surface area contributed by atoms with Crippen LogP contribution in [-0.4, -0.2) is 25.7 Å². The molecule has 2 atom stereocenters. The molecule has 0 radical (unpaired) electrons. The van der Waals surface area contributed by atoms with Gasteiger partial charge in [0.2, 0.25) is 0 Å². The Bertz CT molecular complexity index is 520. The molecule has 21 heavy (non-hydrogen) atoms. The van der Waals surface area contributed by atoms with Crippen LogP contribution in [0.2, 0.25) is 5.02 Å². The second-order valence-corrected chi connectivity index (χ2v) is 6.11. The fourth-order valence-electron chi connectivity index (χ4n) is 2.98. The van der Waals surface area contributed by atoms with E-state index in [9.17, 15) is 4.79 Å². The molecule has 0 heterocycles. The van der Waals surface area contributed by atoms with E-state index in [0.29, 0.717) is 22.4 Å². The number of carbonyl (C=O) groups is 1. The van der Waals surface area contributed by atoms with Gasteiger partial charge in [-0.2, -0.15) is 0 Å². The first-order valence-corrected chi connectivity index (χ1v) is 7.58. The van der Waals surface area contributed by atoms with Crippen LogP contribution in [-0.2, 0) is 9.53 Å². The normalized spacial score (nSPS) is 25.4. The molecule has 0 saturated heterocycles. The van der Waals surface area contributed by atoms with E-state index in [1.165, 1.54) is 0 Å². The van der Waals surface area contributed by atoms with E-state index in [1.807, 2.05) is 0 Å². The smallest absolute Gasteiger partial charge is 0.256 e. The molecule has 1 aromatic carbocycles. The fraction of sp³-hybridized carbons (Fsp3) is 0.562. The summed E-state index contributed by atoms with van der Waals surface area (Å²) < 4.78 is 10.7. The maximum Gasteiger partial charge on any atom is 0.256 e. The van der Waals surface area contributed by atoms with Gasteiger partial charge in [-0.3, -0.25) is 4.79 Å². The van der Waals surface area contributed by atoms with Gasteiger partial charge in [-0.15, -0.1) is 0 Å². The summed E-state index contributed by atoms with van der Waals surface area (Å²) in [7, 11) is 3.17. The molecule has 116 valence electrons. The number of methoxy groups -OCH3 is 2. The molecule has 0 aliphatic heterocycles. The topological polar surface area (TPSA) is 47.6 Å². The second kappa shape index (κ2) is 6.67. The molecule has 0 bridgehead atoms. The molecule has 4 nitrogen and oxygen atoms in total. The number of amides is 1. The Labute approximate surface area is 130 Å². The summed E-state index contributed by atoms with van der Waals surface area (Å²) in [5.41, 5.74) is -0.0789. The maximum absolute atomic E-state index is 12.6. The average molecular weight is 312 g/mol. The highest BCUT2D eigenvalue weighted by molar-refractivity contribution is 6.32. The molecule has 0 unspecified atom stereocenters. The lowest BCUT2D eigenvalue weighted by Crippen LogP contribution is -2.47. The van der Waals surface area contributed by atoms with Crippen molar-refractivity contribution in [1.29, 1.82) is 0 Å². The van der Waals surface area contributed by atoms with Gasteiger partial charge in [0, 0.05) is 12.8 Å². The van der Waals surface area contributed by atoms with Crippen molar-refractivity contribution in [2.75, 3.05) is 19.5 Å². The van der Waals surface area contributed by atoms with Crippen molar-refractivity contribution in [1.82, 2.24) is 0 Å². The van der Waals surface area contributed by atoms with E-state index in [0.717, 1.165) is 25.7 Å². The Kier molecular flexibility index (Phi) is 5.12. The summed E-state index contributed by atoms with van der Waals surface area (Å²) in [6, 6.07) is 5.20. The molecule has 1 aromatic rings. The fourth-order valence-corrected chi connectivity index (χ4v) is 3.23. The SMILES string of the molecule is COc1ccc(NC(=O)[C@@]2(OC)CCC[C@H](C)C2)cc1Cl. The van der Waals surface area contributed by atoms with E-state index in [1.54, 1.807) is 32.4 Å². The third-order valence-electron chi connectivity index (χ3n) is 4.17. The van der Waals surface area contributed by atoms with Crippen molar-refractivity contribution < 1.29 is 14.3 Å². The number of hydrogen-bond acceptors (Lipinski definition) is 3. The molecular formula is C16H22ClNO3. The van der Waals surface area contributed by atoms with Gasteiger partial charge in [-0.05, 0) is 43.4 Å². The zero-order valence-electron chi connectivity index (χ0n) is 12.7. The maximum atomic E-state index is 12.6. The van der Waals surface area contributed by atoms with Crippen molar-refractivity contribution in [3.05, 3.63) is 23.2 Å². The van der Waals surface area contributed by atoms with E-state index >= 15 is 0 Å². The number of anilines is 1. The molecule has 1 saturated carbocycles. The van der Waals surface area contributed by atoms with E-state index in [4.69, 9.17) is 21.1 Å². The van der Waals surface area contributed by atoms with Crippen LogP contribution in [0.3, 0.4) is 0 Å². The summed E-state index contributed by atoms with van der Waals surface area (Å²) >= 11 is 6.08. The number of ether oxygens (including phenoxy) is 2. The first-order chi connectivity index (χ1) is 10.0. The minimum atomic E-state index is -0.732. The monoisotopic (exact) mass is 311 g/mol. The summed E-state index contributed by atoms with van der Waals surface area (Å²) in [4.78, 5) is 12.6. The van der Waals surface area contributed by atoms with Crippen LogP contribution in [0, 0.1) is 5.92 Å². The van der Waals surface area contributed by atoms with Crippen molar-refractivity contribution in [3.63, 3.8) is 0 Å². The van der Waals surface area contributed by atoms with Crippen LogP contribution >= 0.6 is 11.6 Å². The molecular weight excluding hydrogens is 290 g/mol. The Balaban J connectivity index is 2.14. The third-order valence-corrected chi connectivity index (χ3v) is 4.47. The molecule has 0 aromatic heterocycles. The Morgan fingerprint density at radius 1 is 1.43 bits per heavy atom.